The Kier molecular flexibility index (Phi) is 8.26. The Hall–Kier alpha value is -2.12. The number of carbonyl (C=O) groups is 1. The van der Waals surface area contributed by atoms with Crippen LogP contribution in [0.3, 0.4) is 0 Å². The van der Waals surface area contributed by atoms with Crippen molar-refractivity contribution in [1.29, 1.82) is 0 Å². The Morgan fingerprint density at radius 2 is 1.10 bits per heavy atom. The van der Waals surface area contributed by atoms with E-state index in [9.17, 15) is 4.79 Å². The van der Waals surface area contributed by atoms with Gasteiger partial charge in [-0.15, -0.1) is 12.4 Å². The lowest BCUT2D eigenvalue weighted by atomic mass is 9.96. The second-order valence-corrected chi connectivity index (χ2v) is 11.5. The minimum Gasteiger partial charge on any atom is -0.295 e. The Morgan fingerprint density at radius 1 is 0.767 bits per heavy atom. The summed E-state index contributed by atoms with van der Waals surface area (Å²) in [7, 11) is -2.39. The lowest BCUT2D eigenvalue weighted by molar-refractivity contribution is -0.127. The molecule has 3 aromatic rings. The zero-order valence-corrected chi connectivity index (χ0v) is 19.8. The van der Waals surface area contributed by atoms with Crippen LogP contribution in [0, 0.1) is 5.41 Å². The van der Waals surface area contributed by atoms with Gasteiger partial charge in [-0.1, -0.05) is 87.0 Å². The van der Waals surface area contributed by atoms with Gasteiger partial charge in [0.2, 0.25) is 5.91 Å². The summed E-state index contributed by atoms with van der Waals surface area (Å²) in [6.45, 7) is 5.71. The highest BCUT2D eigenvalue weighted by Gasteiger charge is 2.51. The topological polar surface area (TPSA) is 29.1 Å². The average Bonchev–Trinajstić information content (AvgIpc) is 2.75. The first kappa shape index (κ1) is 24.2. The molecule has 0 aromatic heterocycles. The van der Waals surface area contributed by atoms with Gasteiger partial charge in [0.25, 0.3) is 0 Å². The molecule has 0 atom stereocenters. The smallest absolute Gasteiger partial charge is 0.232 e. The Balaban J connectivity index is 0.00000320. The van der Waals surface area contributed by atoms with Crippen LogP contribution >= 0.6 is 31.3 Å². The van der Waals surface area contributed by atoms with Crippen molar-refractivity contribution in [3.8, 4) is 0 Å². The molecule has 0 spiro atoms. The zero-order valence-electron chi connectivity index (χ0n) is 17.4. The fourth-order valence-corrected chi connectivity index (χ4v) is 7.80. The third kappa shape index (κ3) is 4.78. The van der Waals surface area contributed by atoms with E-state index in [1.165, 1.54) is 0 Å². The fourth-order valence-electron chi connectivity index (χ4n) is 3.31. The van der Waals surface area contributed by atoms with E-state index >= 15 is 0 Å². The van der Waals surface area contributed by atoms with Gasteiger partial charge in [0.15, 0.2) is 12.7 Å². The fraction of sp³-hybridized carbons (Fsp3) is 0.160. The van der Waals surface area contributed by atoms with Crippen molar-refractivity contribution in [2.75, 3.05) is 0 Å². The maximum absolute atomic E-state index is 13.0. The maximum atomic E-state index is 13.0. The molecule has 0 radical (unpaired) electrons. The van der Waals surface area contributed by atoms with E-state index in [1.54, 1.807) is 5.54 Å². The largest absolute Gasteiger partial charge is 0.295 e. The van der Waals surface area contributed by atoms with E-state index in [2.05, 4.69) is 41.7 Å². The summed E-state index contributed by atoms with van der Waals surface area (Å²) in [5.41, 5.74) is 1.75. The van der Waals surface area contributed by atoms with Crippen LogP contribution in [-0.2, 0) is 4.79 Å². The molecular formula is C25H27Cl2NOP+. The molecule has 0 aliphatic carbocycles. The lowest BCUT2D eigenvalue weighted by Gasteiger charge is -2.30. The van der Waals surface area contributed by atoms with Crippen molar-refractivity contribution in [2.45, 2.75) is 20.8 Å². The highest BCUT2D eigenvalue weighted by molar-refractivity contribution is 7.99. The van der Waals surface area contributed by atoms with Gasteiger partial charge in [-0.3, -0.25) is 10.1 Å². The van der Waals surface area contributed by atoms with E-state index in [4.69, 9.17) is 11.6 Å². The number of carbonyl (C=O) groups excluding carboxylic acids is 1. The zero-order chi connectivity index (χ0) is 20.9. The quantitative estimate of drug-likeness (QED) is 0.495. The highest BCUT2D eigenvalue weighted by Crippen LogP contribution is 2.61. The second kappa shape index (κ2) is 10.3. The molecule has 2 nitrogen and oxygen atoms in total. The summed E-state index contributed by atoms with van der Waals surface area (Å²) in [5, 5.41) is 6.60. The predicted octanol–water partition coefficient (Wildman–Crippen LogP) is 5.60. The van der Waals surface area contributed by atoms with Crippen LogP contribution in [0.2, 0.25) is 0 Å². The van der Waals surface area contributed by atoms with Crippen LogP contribution in [-0.4, -0.2) is 5.91 Å². The maximum Gasteiger partial charge on any atom is 0.232 e. The summed E-state index contributed by atoms with van der Waals surface area (Å²) in [6.07, 6.45) is 0. The van der Waals surface area contributed by atoms with Crippen molar-refractivity contribution >= 4 is 53.1 Å². The number of rotatable bonds is 5. The SMILES string of the molecule is CC(C)(C)C(=O)N/C(=C/Cl)[P+](c1ccccc1)(c1ccccc1)c1ccccc1.Cl. The van der Waals surface area contributed by atoms with E-state index in [0.29, 0.717) is 0 Å². The molecule has 0 saturated carbocycles. The van der Waals surface area contributed by atoms with E-state index < -0.39 is 12.7 Å². The molecule has 3 aromatic carbocycles. The van der Waals surface area contributed by atoms with Crippen molar-refractivity contribution in [3.63, 3.8) is 0 Å². The molecule has 0 unspecified atom stereocenters. The van der Waals surface area contributed by atoms with Crippen molar-refractivity contribution < 1.29 is 4.79 Å². The van der Waals surface area contributed by atoms with Gasteiger partial charge in [-0.2, -0.15) is 0 Å². The monoisotopic (exact) mass is 458 g/mol. The summed E-state index contributed by atoms with van der Waals surface area (Å²) in [6, 6.07) is 31.0. The van der Waals surface area contributed by atoms with Crippen LogP contribution in [0.25, 0.3) is 0 Å². The Morgan fingerprint density at radius 3 is 1.37 bits per heavy atom. The highest BCUT2D eigenvalue weighted by atomic mass is 35.5. The van der Waals surface area contributed by atoms with E-state index in [1.807, 2.05) is 75.4 Å². The third-order valence-electron chi connectivity index (χ3n) is 4.82. The summed E-state index contributed by atoms with van der Waals surface area (Å²) in [4.78, 5) is 13.0. The molecular weight excluding hydrogens is 432 g/mol. The average molecular weight is 459 g/mol. The van der Waals surface area contributed by atoms with E-state index in [-0.39, 0.29) is 18.3 Å². The first-order chi connectivity index (χ1) is 13.9. The molecule has 0 bridgehead atoms. The summed E-state index contributed by atoms with van der Waals surface area (Å²) in [5.74, 6) is -0.0587. The molecule has 0 aliphatic heterocycles. The second-order valence-electron chi connectivity index (χ2n) is 7.88. The van der Waals surface area contributed by atoms with Crippen LogP contribution < -0.4 is 21.2 Å². The molecule has 0 saturated heterocycles. The molecule has 156 valence electrons. The Bertz CT molecular complexity index is 887. The van der Waals surface area contributed by atoms with Crippen molar-refractivity contribution in [3.05, 3.63) is 102 Å². The lowest BCUT2D eigenvalue weighted by Crippen LogP contribution is -2.41. The number of halogens is 2. The van der Waals surface area contributed by atoms with Crippen molar-refractivity contribution in [1.82, 2.24) is 5.32 Å². The molecule has 0 fully saturated rings. The molecule has 5 heteroatoms. The van der Waals surface area contributed by atoms with Crippen LogP contribution in [0.15, 0.2) is 102 Å². The van der Waals surface area contributed by atoms with Gasteiger partial charge in [-0.25, -0.2) is 0 Å². The summed E-state index contributed by atoms with van der Waals surface area (Å²) < 4.78 is 0. The minimum absolute atomic E-state index is 0. The molecule has 1 amide bonds. The van der Waals surface area contributed by atoms with Crippen LogP contribution in [0.1, 0.15) is 20.8 Å². The first-order valence-corrected chi connectivity index (χ1v) is 11.8. The van der Waals surface area contributed by atoms with Gasteiger partial charge in [0.1, 0.15) is 15.9 Å². The number of hydrogen-bond acceptors (Lipinski definition) is 1. The minimum atomic E-state index is -2.39. The Labute approximate surface area is 191 Å². The van der Waals surface area contributed by atoms with E-state index in [0.717, 1.165) is 21.4 Å². The van der Waals surface area contributed by atoms with Crippen LogP contribution in [0.5, 0.6) is 0 Å². The predicted molar refractivity (Wildman–Crippen MR) is 134 cm³/mol. The van der Waals surface area contributed by atoms with Gasteiger partial charge >= 0.3 is 0 Å². The molecule has 30 heavy (non-hydrogen) atoms. The van der Waals surface area contributed by atoms with Crippen LogP contribution in [0.4, 0.5) is 0 Å². The normalized spacial score (nSPS) is 12.1. The van der Waals surface area contributed by atoms with Gasteiger partial charge in [0.05, 0.1) is 5.54 Å². The molecule has 3 rings (SSSR count). The number of amides is 1. The number of nitrogens with one attached hydrogen (secondary N) is 1. The molecule has 0 heterocycles. The molecule has 0 aliphatic rings. The van der Waals surface area contributed by atoms with Gasteiger partial charge in [0, 0.05) is 5.41 Å². The molecule has 1 N–H and O–H groups in total. The van der Waals surface area contributed by atoms with Gasteiger partial charge in [-0.05, 0) is 36.4 Å². The third-order valence-corrected chi connectivity index (χ3v) is 9.37. The first-order valence-electron chi connectivity index (χ1n) is 9.59. The van der Waals surface area contributed by atoms with Gasteiger partial charge < -0.3 is 0 Å². The van der Waals surface area contributed by atoms with Crippen molar-refractivity contribution in [2.24, 2.45) is 5.41 Å². The standard InChI is InChI=1S/C25H25ClNOP.ClH/c1-25(2,3)24(28)27-23(19-26)29(20-13-7-4-8-14-20,21-15-9-5-10-16-21)22-17-11-6-12-18-22;/h4-19H,1-3H3;1H/p+1/b23-19-;. The number of hydrogen-bond donors (Lipinski definition) is 1. The summed E-state index contributed by atoms with van der Waals surface area (Å²) >= 11 is 6.45. The number of benzene rings is 3.